The molecule has 7 nitrogen and oxygen atoms in total. The Kier molecular flexibility index (Phi) is 12.1. The fourth-order valence-corrected chi connectivity index (χ4v) is 6.62. The number of aliphatic carboxylic acids is 1. The van der Waals surface area contributed by atoms with Gasteiger partial charge in [-0.3, -0.25) is 9.69 Å². The number of carbonyl (C=O) groups is 2. The van der Waals surface area contributed by atoms with Gasteiger partial charge in [0, 0.05) is 38.4 Å². The highest BCUT2D eigenvalue weighted by atomic mass is 32.2. The van der Waals surface area contributed by atoms with E-state index < -0.39 is 12.0 Å². The molecule has 224 valence electrons. The van der Waals surface area contributed by atoms with Crippen LogP contribution in [0.2, 0.25) is 0 Å². The summed E-state index contributed by atoms with van der Waals surface area (Å²) in [6.45, 7) is 5.15. The van der Waals surface area contributed by atoms with Crippen molar-refractivity contribution in [2.45, 2.75) is 76.6 Å². The van der Waals surface area contributed by atoms with E-state index in [9.17, 15) is 14.7 Å². The topological polar surface area (TPSA) is 88.1 Å². The Morgan fingerprint density at radius 3 is 2.59 bits per heavy atom. The van der Waals surface area contributed by atoms with Crippen LogP contribution in [0.15, 0.2) is 42.5 Å². The molecule has 8 heteroatoms. The van der Waals surface area contributed by atoms with Crippen molar-refractivity contribution >= 4 is 23.6 Å². The molecule has 1 saturated carbocycles. The van der Waals surface area contributed by atoms with Crippen LogP contribution in [0, 0.1) is 12.8 Å². The molecule has 1 aliphatic heterocycles. The van der Waals surface area contributed by atoms with Crippen LogP contribution in [0.25, 0.3) is 11.1 Å². The van der Waals surface area contributed by atoms with Crippen molar-refractivity contribution in [1.29, 1.82) is 0 Å². The minimum absolute atomic E-state index is 0.174. The van der Waals surface area contributed by atoms with Gasteiger partial charge in [0.25, 0.3) is 5.91 Å². The first-order valence-corrected chi connectivity index (χ1v) is 16.3. The maximum Gasteiger partial charge on any atom is 0.326 e. The molecule has 1 saturated heterocycles. The highest BCUT2D eigenvalue weighted by Gasteiger charge is 2.33. The predicted molar refractivity (Wildman–Crippen MR) is 166 cm³/mol. The lowest BCUT2D eigenvalue weighted by Gasteiger charge is -2.26. The summed E-state index contributed by atoms with van der Waals surface area (Å²) in [6.07, 6.45) is 9.97. The van der Waals surface area contributed by atoms with E-state index >= 15 is 0 Å². The van der Waals surface area contributed by atoms with Gasteiger partial charge in [-0.25, -0.2) is 4.79 Å². The minimum Gasteiger partial charge on any atom is -0.480 e. The number of amides is 1. The molecule has 4 rings (SSSR count). The van der Waals surface area contributed by atoms with E-state index in [0.29, 0.717) is 30.3 Å². The van der Waals surface area contributed by atoms with Gasteiger partial charge < -0.3 is 19.9 Å². The van der Waals surface area contributed by atoms with Crippen molar-refractivity contribution in [2.75, 3.05) is 38.9 Å². The molecular weight excluding hydrogens is 536 g/mol. The molecule has 1 aliphatic carbocycles. The van der Waals surface area contributed by atoms with Crippen molar-refractivity contribution < 1.29 is 24.2 Å². The first-order chi connectivity index (χ1) is 19.9. The summed E-state index contributed by atoms with van der Waals surface area (Å²) in [5.41, 5.74) is 4.44. The standard InChI is InChI=1S/C33H46N2O5S/c1-23-9-7-8-12-28(23)30-17-25(13-14-29(30)32(36)34-31(33(37)38)15-16-41-3)19-35-20-27(39-2)18-26(35)22-40-21-24-10-5-4-6-11-24/h7-9,12-14,17,24,26-27,31H,4-6,10-11,15-16,18-22H2,1-3H3,(H,34,36)(H,37,38)/t26?,27?,31-/m0/s1. The van der Waals surface area contributed by atoms with E-state index in [2.05, 4.69) is 16.3 Å². The minimum atomic E-state index is -1.01. The molecule has 41 heavy (non-hydrogen) atoms. The molecule has 2 aromatic carbocycles. The normalized spacial score (nSPS) is 20.7. The Morgan fingerprint density at radius 1 is 1.10 bits per heavy atom. The van der Waals surface area contributed by atoms with Gasteiger partial charge >= 0.3 is 5.97 Å². The molecule has 1 amide bonds. The lowest BCUT2D eigenvalue weighted by atomic mass is 9.90. The van der Waals surface area contributed by atoms with Gasteiger partial charge in [-0.1, -0.05) is 49.6 Å². The fraction of sp³-hybridized carbons (Fsp3) is 0.576. The van der Waals surface area contributed by atoms with Crippen molar-refractivity contribution in [2.24, 2.45) is 5.92 Å². The number of nitrogens with zero attached hydrogens (tertiary/aromatic N) is 1. The van der Waals surface area contributed by atoms with Crippen LogP contribution in [0.3, 0.4) is 0 Å². The zero-order chi connectivity index (χ0) is 29.2. The number of thioether (sulfide) groups is 1. The number of nitrogens with one attached hydrogen (secondary N) is 1. The maximum atomic E-state index is 13.4. The molecule has 0 radical (unpaired) electrons. The van der Waals surface area contributed by atoms with E-state index in [1.165, 1.54) is 32.1 Å². The Morgan fingerprint density at radius 2 is 1.88 bits per heavy atom. The third-order valence-electron chi connectivity index (χ3n) is 8.57. The van der Waals surface area contributed by atoms with Gasteiger partial charge in [0.1, 0.15) is 6.04 Å². The molecule has 3 atom stereocenters. The van der Waals surface area contributed by atoms with Crippen molar-refractivity contribution in [3.8, 4) is 11.1 Å². The lowest BCUT2D eigenvalue weighted by molar-refractivity contribution is -0.139. The maximum absolute atomic E-state index is 13.4. The number of likely N-dealkylation sites (tertiary alicyclic amines) is 1. The SMILES string of the molecule is COC1CC(COCC2CCCCC2)N(Cc2ccc(C(=O)N[C@@H](CCSC)C(=O)O)c(-c3ccccc3C)c2)C1. The Balaban J connectivity index is 1.53. The van der Waals surface area contributed by atoms with E-state index in [4.69, 9.17) is 9.47 Å². The number of ether oxygens (including phenoxy) is 2. The lowest BCUT2D eigenvalue weighted by Crippen LogP contribution is -2.41. The number of carboxylic acids is 1. The number of carbonyl (C=O) groups excluding carboxylic acids is 1. The summed E-state index contributed by atoms with van der Waals surface area (Å²) < 4.78 is 12.0. The smallest absolute Gasteiger partial charge is 0.326 e. The van der Waals surface area contributed by atoms with Crippen molar-refractivity contribution in [3.63, 3.8) is 0 Å². The molecule has 2 aliphatic rings. The second-order valence-electron chi connectivity index (χ2n) is 11.6. The molecule has 2 aromatic rings. The third kappa shape index (κ3) is 8.80. The fourth-order valence-electron chi connectivity index (χ4n) is 6.15. The van der Waals surface area contributed by atoms with E-state index in [1.807, 2.05) is 49.6 Å². The number of hydrogen-bond donors (Lipinski definition) is 2. The highest BCUT2D eigenvalue weighted by Crippen LogP contribution is 2.31. The van der Waals surface area contributed by atoms with Crippen LogP contribution >= 0.6 is 11.8 Å². The summed E-state index contributed by atoms with van der Waals surface area (Å²) in [5.74, 6) is -0.0310. The Bertz CT molecular complexity index is 1150. The molecule has 2 unspecified atom stereocenters. The Hall–Kier alpha value is -2.39. The molecule has 0 spiro atoms. The largest absolute Gasteiger partial charge is 0.480 e. The summed E-state index contributed by atoms with van der Waals surface area (Å²) >= 11 is 1.57. The molecule has 1 heterocycles. The summed E-state index contributed by atoms with van der Waals surface area (Å²) in [6, 6.07) is 13.3. The van der Waals surface area contributed by atoms with E-state index in [1.54, 1.807) is 18.9 Å². The van der Waals surface area contributed by atoms with E-state index in [-0.39, 0.29) is 18.1 Å². The zero-order valence-corrected chi connectivity index (χ0v) is 25.6. The van der Waals surface area contributed by atoms with Gasteiger partial charge in [-0.05, 0) is 84.9 Å². The second kappa shape index (κ2) is 15.7. The number of aryl methyl sites for hydroxylation is 1. The van der Waals surface area contributed by atoms with Crippen LogP contribution in [0.5, 0.6) is 0 Å². The van der Waals surface area contributed by atoms with Gasteiger partial charge in [-0.2, -0.15) is 11.8 Å². The van der Waals surface area contributed by atoms with E-state index in [0.717, 1.165) is 48.4 Å². The molecular formula is C33H46N2O5S. The number of methoxy groups -OCH3 is 1. The van der Waals surface area contributed by atoms with Crippen LogP contribution in [-0.2, 0) is 20.8 Å². The molecule has 2 N–H and O–H groups in total. The van der Waals surface area contributed by atoms with Gasteiger partial charge in [-0.15, -0.1) is 0 Å². The monoisotopic (exact) mass is 582 g/mol. The number of carboxylic acid groups (broad SMARTS) is 1. The van der Waals surface area contributed by atoms with Crippen LogP contribution in [0.1, 0.15) is 66.4 Å². The van der Waals surface area contributed by atoms with Gasteiger partial charge in [0.05, 0.1) is 12.7 Å². The van der Waals surface area contributed by atoms with Gasteiger partial charge in [0.15, 0.2) is 0 Å². The predicted octanol–water partition coefficient (Wildman–Crippen LogP) is 5.78. The average Bonchev–Trinajstić information content (AvgIpc) is 3.37. The summed E-state index contributed by atoms with van der Waals surface area (Å²) in [7, 11) is 1.78. The second-order valence-corrected chi connectivity index (χ2v) is 12.5. The summed E-state index contributed by atoms with van der Waals surface area (Å²) in [4.78, 5) is 27.7. The zero-order valence-electron chi connectivity index (χ0n) is 24.8. The third-order valence-corrected chi connectivity index (χ3v) is 9.22. The molecule has 0 aromatic heterocycles. The molecule has 0 bridgehead atoms. The van der Waals surface area contributed by atoms with Crippen molar-refractivity contribution in [3.05, 3.63) is 59.2 Å². The first-order valence-electron chi connectivity index (χ1n) is 15.0. The average molecular weight is 583 g/mol. The van der Waals surface area contributed by atoms with Crippen LogP contribution in [-0.4, -0.2) is 78.9 Å². The quantitative estimate of drug-likeness (QED) is 0.292. The van der Waals surface area contributed by atoms with Crippen molar-refractivity contribution in [1.82, 2.24) is 10.2 Å². The van der Waals surface area contributed by atoms with Crippen LogP contribution < -0.4 is 5.32 Å². The Labute approximate surface area is 249 Å². The highest BCUT2D eigenvalue weighted by molar-refractivity contribution is 7.98. The first kappa shape index (κ1) is 31.5. The van der Waals surface area contributed by atoms with Gasteiger partial charge in [0.2, 0.25) is 0 Å². The molecule has 2 fully saturated rings. The number of benzene rings is 2. The number of hydrogen-bond acceptors (Lipinski definition) is 6. The summed E-state index contributed by atoms with van der Waals surface area (Å²) in [5, 5.41) is 12.4. The van der Waals surface area contributed by atoms with Crippen LogP contribution in [0.4, 0.5) is 0 Å². The number of rotatable bonds is 14.